The van der Waals surface area contributed by atoms with Crippen molar-refractivity contribution < 1.29 is 13.2 Å². The maximum absolute atomic E-state index is 12.2. The van der Waals surface area contributed by atoms with Gasteiger partial charge < -0.3 is 16.2 Å². The van der Waals surface area contributed by atoms with Gasteiger partial charge in [-0.2, -0.15) is 0 Å². The molecule has 0 bridgehead atoms. The highest BCUT2D eigenvalue weighted by atomic mass is 32.2. The molecule has 0 heterocycles. The third-order valence-corrected chi connectivity index (χ3v) is 4.76. The maximum Gasteiger partial charge on any atom is 0.240 e. The van der Waals surface area contributed by atoms with Gasteiger partial charge in [-0.15, -0.1) is 0 Å². The zero-order valence-corrected chi connectivity index (χ0v) is 14.1. The summed E-state index contributed by atoms with van der Waals surface area (Å²) in [6, 6.07) is 12.4. The van der Waals surface area contributed by atoms with E-state index < -0.39 is 10.0 Å². The fourth-order valence-electron chi connectivity index (χ4n) is 2.00. The molecule has 2 aromatic rings. The monoisotopic (exact) mass is 361 g/mol. The molecule has 25 heavy (non-hydrogen) atoms. The van der Waals surface area contributed by atoms with E-state index in [2.05, 4.69) is 4.72 Å². The molecule has 0 atom stereocenters. The number of nitrogens with two attached hydrogens (primary N) is 2. The van der Waals surface area contributed by atoms with E-state index in [0.29, 0.717) is 16.9 Å². The van der Waals surface area contributed by atoms with Gasteiger partial charge in [-0.1, -0.05) is 12.1 Å². The number of sulfonamides is 1. The first-order chi connectivity index (χ1) is 11.8. The molecule has 0 saturated heterocycles. The van der Waals surface area contributed by atoms with Gasteiger partial charge in [-0.3, -0.25) is 10.8 Å². The highest BCUT2D eigenvalue weighted by Gasteiger charge is 2.13. The van der Waals surface area contributed by atoms with Crippen molar-refractivity contribution in [2.45, 2.75) is 4.90 Å². The molecule has 0 aliphatic rings. The predicted molar refractivity (Wildman–Crippen MR) is 95.6 cm³/mol. The van der Waals surface area contributed by atoms with Crippen LogP contribution in [0.15, 0.2) is 53.4 Å². The van der Waals surface area contributed by atoms with Crippen LogP contribution in [-0.4, -0.2) is 33.2 Å². The highest BCUT2D eigenvalue weighted by Crippen LogP contribution is 2.13. The van der Waals surface area contributed by atoms with Gasteiger partial charge in [0.1, 0.15) is 24.0 Å². The van der Waals surface area contributed by atoms with E-state index >= 15 is 0 Å². The summed E-state index contributed by atoms with van der Waals surface area (Å²) in [6.45, 7) is 0.188. The Labute approximate surface area is 145 Å². The van der Waals surface area contributed by atoms with Crippen molar-refractivity contribution in [1.29, 1.82) is 10.8 Å². The first kappa shape index (κ1) is 18.4. The molecule has 2 rings (SSSR count). The van der Waals surface area contributed by atoms with Gasteiger partial charge in [0.05, 0.1) is 4.90 Å². The van der Waals surface area contributed by atoms with Gasteiger partial charge in [0, 0.05) is 17.7 Å². The minimum Gasteiger partial charge on any atom is -0.492 e. The molecule has 0 fully saturated rings. The maximum atomic E-state index is 12.2. The average molecular weight is 361 g/mol. The van der Waals surface area contributed by atoms with Crippen LogP contribution >= 0.6 is 0 Å². The molecule has 0 spiro atoms. The minimum absolute atomic E-state index is 0.0693. The molecule has 0 aliphatic heterocycles. The summed E-state index contributed by atoms with van der Waals surface area (Å²) < 4.78 is 32.2. The van der Waals surface area contributed by atoms with Crippen LogP contribution < -0.4 is 20.9 Å². The molecular formula is C16H19N5O3S. The summed E-state index contributed by atoms with van der Waals surface area (Å²) in [5, 5.41) is 14.7. The lowest BCUT2D eigenvalue weighted by Gasteiger charge is -2.10. The van der Waals surface area contributed by atoms with Gasteiger partial charge in [0.2, 0.25) is 10.0 Å². The molecule has 0 saturated carbocycles. The molecule has 0 amide bonds. The molecule has 0 aliphatic carbocycles. The SMILES string of the molecule is N=C(N)c1ccc(S(=O)(=O)NCCOc2cccc(C(=N)N)c2)cc1. The fraction of sp³-hybridized carbons (Fsp3) is 0.125. The van der Waals surface area contributed by atoms with E-state index in [1.807, 2.05) is 0 Å². The second-order valence-corrected chi connectivity index (χ2v) is 6.89. The van der Waals surface area contributed by atoms with Crippen LogP contribution in [0.1, 0.15) is 11.1 Å². The number of rotatable bonds is 8. The van der Waals surface area contributed by atoms with Crippen molar-refractivity contribution in [3.8, 4) is 5.75 Å². The highest BCUT2D eigenvalue weighted by molar-refractivity contribution is 7.89. The van der Waals surface area contributed by atoms with Crippen LogP contribution in [0.25, 0.3) is 0 Å². The summed E-state index contributed by atoms with van der Waals surface area (Å²) in [6.07, 6.45) is 0. The quantitative estimate of drug-likeness (QED) is 0.265. The topological polar surface area (TPSA) is 155 Å². The normalized spacial score (nSPS) is 11.0. The first-order valence-electron chi connectivity index (χ1n) is 7.31. The van der Waals surface area contributed by atoms with Crippen LogP contribution in [-0.2, 0) is 10.0 Å². The number of hydrogen-bond donors (Lipinski definition) is 5. The van der Waals surface area contributed by atoms with Gasteiger partial charge in [0.25, 0.3) is 0 Å². The largest absolute Gasteiger partial charge is 0.492 e. The smallest absolute Gasteiger partial charge is 0.240 e. The van der Waals surface area contributed by atoms with Crippen LogP contribution in [0.3, 0.4) is 0 Å². The third kappa shape index (κ3) is 5.03. The summed E-state index contributed by atoms with van der Waals surface area (Å²) in [5.41, 5.74) is 11.7. The number of nitrogens with one attached hydrogen (secondary N) is 3. The summed E-state index contributed by atoms with van der Waals surface area (Å²) >= 11 is 0. The Morgan fingerprint density at radius 2 is 1.64 bits per heavy atom. The molecule has 2 aromatic carbocycles. The number of amidine groups is 2. The van der Waals surface area contributed by atoms with Crippen LogP contribution in [0.4, 0.5) is 0 Å². The molecule has 0 radical (unpaired) electrons. The third-order valence-electron chi connectivity index (χ3n) is 3.28. The molecule has 8 nitrogen and oxygen atoms in total. The zero-order chi connectivity index (χ0) is 18.4. The van der Waals surface area contributed by atoms with E-state index in [0.717, 1.165) is 0 Å². The zero-order valence-electron chi connectivity index (χ0n) is 13.3. The van der Waals surface area contributed by atoms with E-state index in [4.69, 9.17) is 27.0 Å². The summed E-state index contributed by atoms with van der Waals surface area (Å²) in [5.74, 6) is 0.302. The summed E-state index contributed by atoms with van der Waals surface area (Å²) in [4.78, 5) is 0.0797. The van der Waals surface area contributed by atoms with Crippen molar-refractivity contribution in [3.63, 3.8) is 0 Å². The van der Waals surface area contributed by atoms with Crippen LogP contribution in [0.2, 0.25) is 0 Å². The van der Waals surface area contributed by atoms with Gasteiger partial charge in [-0.25, -0.2) is 13.1 Å². The Hall–Kier alpha value is -2.91. The van der Waals surface area contributed by atoms with E-state index in [1.54, 1.807) is 24.3 Å². The average Bonchev–Trinajstić information content (AvgIpc) is 2.59. The lowest BCUT2D eigenvalue weighted by molar-refractivity contribution is 0.323. The Bertz CT molecular complexity index is 879. The number of nitrogen functional groups attached to an aromatic ring is 2. The second-order valence-electron chi connectivity index (χ2n) is 5.13. The first-order valence-corrected chi connectivity index (χ1v) is 8.79. The number of benzene rings is 2. The molecule has 0 aromatic heterocycles. The molecule has 7 N–H and O–H groups in total. The second kappa shape index (κ2) is 7.77. The molecule has 132 valence electrons. The van der Waals surface area contributed by atoms with E-state index in [9.17, 15) is 8.42 Å². The molecular weight excluding hydrogens is 342 g/mol. The van der Waals surface area contributed by atoms with Crippen molar-refractivity contribution in [2.75, 3.05) is 13.2 Å². The van der Waals surface area contributed by atoms with Gasteiger partial charge in [0.15, 0.2) is 0 Å². The Morgan fingerprint density at radius 1 is 1.00 bits per heavy atom. The Balaban J connectivity index is 1.91. The van der Waals surface area contributed by atoms with Gasteiger partial charge in [-0.05, 0) is 36.4 Å². The predicted octanol–water partition coefficient (Wildman–Crippen LogP) is 0.612. The van der Waals surface area contributed by atoms with Crippen molar-refractivity contribution >= 4 is 21.7 Å². The number of hydrogen-bond acceptors (Lipinski definition) is 5. The Morgan fingerprint density at radius 3 is 2.24 bits per heavy atom. The van der Waals surface area contributed by atoms with E-state index in [-0.39, 0.29) is 29.7 Å². The molecule has 9 heteroatoms. The van der Waals surface area contributed by atoms with Crippen molar-refractivity contribution in [3.05, 3.63) is 59.7 Å². The fourth-order valence-corrected chi connectivity index (χ4v) is 3.01. The standard InChI is InChI=1S/C16H19N5O3S/c17-15(18)11-4-6-14(7-5-11)25(22,23)21-8-9-24-13-3-1-2-12(10-13)16(19)20/h1-7,10,21H,8-9H2,(H3,17,18)(H3,19,20). The lowest BCUT2D eigenvalue weighted by atomic mass is 10.2. The summed E-state index contributed by atoms with van der Waals surface area (Å²) in [7, 11) is -3.67. The van der Waals surface area contributed by atoms with Crippen LogP contribution in [0.5, 0.6) is 5.75 Å². The van der Waals surface area contributed by atoms with Crippen molar-refractivity contribution in [1.82, 2.24) is 4.72 Å². The number of ether oxygens (including phenoxy) is 1. The van der Waals surface area contributed by atoms with Crippen LogP contribution in [0, 0.1) is 10.8 Å². The molecule has 0 unspecified atom stereocenters. The van der Waals surface area contributed by atoms with Gasteiger partial charge >= 0.3 is 0 Å². The van der Waals surface area contributed by atoms with E-state index in [1.165, 1.54) is 24.3 Å². The van der Waals surface area contributed by atoms with Crippen molar-refractivity contribution in [2.24, 2.45) is 11.5 Å². The Kier molecular flexibility index (Phi) is 5.73. The minimum atomic E-state index is -3.67. The lowest BCUT2D eigenvalue weighted by Crippen LogP contribution is -2.28.